The second-order valence-electron chi connectivity index (χ2n) is 4.07. The molecule has 90 valence electrons. The van der Waals surface area contributed by atoms with Gasteiger partial charge in [-0.3, -0.25) is 4.98 Å². The number of hydrogen-bond donors (Lipinski definition) is 2. The van der Waals surface area contributed by atoms with Gasteiger partial charge in [0.05, 0.1) is 18.4 Å². The summed E-state index contributed by atoms with van der Waals surface area (Å²) in [5, 5.41) is 10.2. The van der Waals surface area contributed by atoms with E-state index in [0.29, 0.717) is 25.3 Å². The zero-order chi connectivity index (χ0) is 12.0. The van der Waals surface area contributed by atoms with Crippen molar-refractivity contribution in [3.8, 4) is 5.75 Å². The van der Waals surface area contributed by atoms with Crippen molar-refractivity contribution < 1.29 is 9.84 Å². The summed E-state index contributed by atoms with van der Waals surface area (Å²) in [5.41, 5.74) is 5.26. The summed E-state index contributed by atoms with van der Waals surface area (Å²) in [6, 6.07) is 1.82. The number of aliphatic hydroxyl groups is 1. The molecule has 0 aromatic carbocycles. The van der Waals surface area contributed by atoms with Crippen molar-refractivity contribution in [1.29, 1.82) is 0 Å². The fourth-order valence-corrected chi connectivity index (χ4v) is 1.44. The van der Waals surface area contributed by atoms with E-state index in [1.165, 1.54) is 0 Å². The van der Waals surface area contributed by atoms with Crippen LogP contribution in [0.2, 0.25) is 0 Å². The molecule has 0 fully saturated rings. The molecule has 0 aliphatic heterocycles. The molecule has 0 saturated carbocycles. The van der Waals surface area contributed by atoms with Crippen LogP contribution in [0, 0.1) is 0 Å². The molecule has 1 atom stereocenters. The molecule has 0 amide bonds. The van der Waals surface area contributed by atoms with Crippen LogP contribution in [0.1, 0.15) is 32.3 Å². The summed E-state index contributed by atoms with van der Waals surface area (Å²) < 4.78 is 5.46. The van der Waals surface area contributed by atoms with E-state index in [4.69, 9.17) is 10.5 Å². The minimum atomic E-state index is -0.937. The first-order valence-electron chi connectivity index (χ1n) is 5.61. The first-order chi connectivity index (χ1) is 7.60. The van der Waals surface area contributed by atoms with E-state index in [1.807, 2.05) is 13.0 Å². The molecule has 16 heavy (non-hydrogen) atoms. The number of rotatable bonds is 6. The molecule has 1 heterocycles. The largest absolute Gasteiger partial charge is 0.492 e. The average molecular weight is 224 g/mol. The van der Waals surface area contributed by atoms with Crippen LogP contribution in [0.4, 0.5) is 0 Å². The molecule has 0 spiro atoms. The maximum absolute atomic E-state index is 10.2. The maximum atomic E-state index is 10.2. The maximum Gasteiger partial charge on any atom is 0.137 e. The second kappa shape index (κ2) is 5.82. The van der Waals surface area contributed by atoms with Crippen molar-refractivity contribution in [1.82, 2.24) is 4.98 Å². The fourth-order valence-electron chi connectivity index (χ4n) is 1.44. The molecule has 0 saturated heterocycles. The van der Waals surface area contributed by atoms with Crippen LogP contribution >= 0.6 is 0 Å². The van der Waals surface area contributed by atoms with Gasteiger partial charge in [-0.05, 0) is 32.4 Å². The lowest BCUT2D eigenvalue weighted by Crippen LogP contribution is -2.25. The molecule has 1 aromatic rings. The van der Waals surface area contributed by atoms with E-state index in [-0.39, 0.29) is 0 Å². The van der Waals surface area contributed by atoms with Gasteiger partial charge in [0.2, 0.25) is 0 Å². The van der Waals surface area contributed by atoms with E-state index in [0.717, 1.165) is 12.0 Å². The summed E-state index contributed by atoms with van der Waals surface area (Å²) in [4.78, 5) is 4.06. The van der Waals surface area contributed by atoms with Gasteiger partial charge in [0.25, 0.3) is 0 Å². The topological polar surface area (TPSA) is 68.4 Å². The number of hydrogen-bond acceptors (Lipinski definition) is 4. The van der Waals surface area contributed by atoms with Gasteiger partial charge >= 0.3 is 0 Å². The van der Waals surface area contributed by atoms with Crippen LogP contribution in [0.5, 0.6) is 5.75 Å². The van der Waals surface area contributed by atoms with Gasteiger partial charge in [0, 0.05) is 11.8 Å². The third-order valence-electron chi connectivity index (χ3n) is 2.44. The highest BCUT2D eigenvalue weighted by Crippen LogP contribution is 2.25. The number of ether oxygens (including phenoxy) is 1. The zero-order valence-corrected chi connectivity index (χ0v) is 9.94. The Kier molecular flexibility index (Phi) is 4.71. The van der Waals surface area contributed by atoms with Gasteiger partial charge in [-0.2, -0.15) is 0 Å². The van der Waals surface area contributed by atoms with E-state index in [9.17, 15) is 5.11 Å². The Morgan fingerprint density at radius 1 is 1.50 bits per heavy atom. The molecule has 0 radical (unpaired) electrons. The van der Waals surface area contributed by atoms with Gasteiger partial charge < -0.3 is 15.6 Å². The first kappa shape index (κ1) is 12.9. The minimum absolute atomic E-state index is 0.438. The Balaban J connectivity index is 2.80. The van der Waals surface area contributed by atoms with Crippen molar-refractivity contribution in [2.45, 2.75) is 32.3 Å². The molecule has 0 aliphatic rings. The lowest BCUT2D eigenvalue weighted by Gasteiger charge is -2.23. The van der Waals surface area contributed by atoms with Crippen molar-refractivity contribution >= 4 is 0 Å². The van der Waals surface area contributed by atoms with Gasteiger partial charge in [0.15, 0.2) is 0 Å². The molecule has 4 nitrogen and oxygen atoms in total. The standard InChI is InChI=1S/C12H20N2O2/c1-3-6-16-11-7-10(8-14-9-11)12(2,15)4-5-13/h7-9,15H,3-6,13H2,1-2H3. The number of nitrogens with zero attached hydrogens (tertiary/aromatic N) is 1. The monoisotopic (exact) mass is 224 g/mol. The second-order valence-corrected chi connectivity index (χ2v) is 4.07. The summed E-state index contributed by atoms with van der Waals surface area (Å²) in [7, 11) is 0. The quantitative estimate of drug-likeness (QED) is 0.767. The summed E-state index contributed by atoms with van der Waals surface area (Å²) in [6.07, 6.45) is 4.75. The molecule has 1 rings (SSSR count). The lowest BCUT2D eigenvalue weighted by atomic mass is 9.94. The third kappa shape index (κ3) is 3.47. The minimum Gasteiger partial charge on any atom is -0.492 e. The predicted octanol–water partition coefficient (Wildman–Crippen LogP) is 1.43. The predicted molar refractivity (Wildman–Crippen MR) is 63.3 cm³/mol. The fraction of sp³-hybridized carbons (Fsp3) is 0.583. The van der Waals surface area contributed by atoms with Gasteiger partial charge in [-0.15, -0.1) is 0 Å². The Morgan fingerprint density at radius 2 is 2.25 bits per heavy atom. The van der Waals surface area contributed by atoms with E-state index >= 15 is 0 Å². The highest BCUT2D eigenvalue weighted by molar-refractivity contribution is 5.27. The molecule has 0 bridgehead atoms. The smallest absolute Gasteiger partial charge is 0.137 e. The number of nitrogens with two attached hydrogens (primary N) is 1. The first-order valence-corrected chi connectivity index (χ1v) is 5.61. The SMILES string of the molecule is CCCOc1cncc(C(C)(O)CCN)c1. The van der Waals surface area contributed by atoms with Crippen molar-refractivity contribution in [2.24, 2.45) is 5.73 Å². The molecule has 0 aliphatic carbocycles. The molecular weight excluding hydrogens is 204 g/mol. The molecular formula is C12H20N2O2. The molecule has 1 aromatic heterocycles. The van der Waals surface area contributed by atoms with Gasteiger partial charge in [-0.1, -0.05) is 6.92 Å². The van der Waals surface area contributed by atoms with E-state index in [2.05, 4.69) is 4.98 Å². The summed E-state index contributed by atoms with van der Waals surface area (Å²) in [5.74, 6) is 0.691. The Labute approximate surface area is 96.5 Å². The lowest BCUT2D eigenvalue weighted by molar-refractivity contribution is 0.0497. The number of pyridine rings is 1. The molecule has 4 heteroatoms. The van der Waals surface area contributed by atoms with Crippen LogP contribution in [-0.4, -0.2) is 23.2 Å². The Bertz CT molecular complexity index is 327. The zero-order valence-electron chi connectivity index (χ0n) is 9.94. The average Bonchev–Trinajstić information content (AvgIpc) is 2.27. The Hall–Kier alpha value is -1.13. The van der Waals surface area contributed by atoms with E-state index < -0.39 is 5.60 Å². The van der Waals surface area contributed by atoms with Gasteiger partial charge in [-0.25, -0.2) is 0 Å². The summed E-state index contributed by atoms with van der Waals surface area (Å²) >= 11 is 0. The van der Waals surface area contributed by atoms with Crippen molar-refractivity contribution in [3.63, 3.8) is 0 Å². The molecule has 1 unspecified atom stereocenters. The van der Waals surface area contributed by atoms with Crippen molar-refractivity contribution in [2.75, 3.05) is 13.2 Å². The van der Waals surface area contributed by atoms with E-state index in [1.54, 1.807) is 19.3 Å². The third-order valence-corrected chi connectivity index (χ3v) is 2.44. The Morgan fingerprint density at radius 3 is 2.88 bits per heavy atom. The summed E-state index contributed by atoms with van der Waals surface area (Å²) in [6.45, 7) is 4.87. The van der Waals surface area contributed by atoms with Gasteiger partial charge in [0.1, 0.15) is 5.75 Å². The van der Waals surface area contributed by atoms with Crippen LogP contribution < -0.4 is 10.5 Å². The van der Waals surface area contributed by atoms with Crippen LogP contribution in [-0.2, 0) is 5.60 Å². The van der Waals surface area contributed by atoms with Crippen LogP contribution in [0.15, 0.2) is 18.5 Å². The van der Waals surface area contributed by atoms with Crippen LogP contribution in [0.25, 0.3) is 0 Å². The highest BCUT2D eigenvalue weighted by Gasteiger charge is 2.22. The highest BCUT2D eigenvalue weighted by atomic mass is 16.5. The number of aromatic nitrogens is 1. The van der Waals surface area contributed by atoms with Crippen molar-refractivity contribution in [3.05, 3.63) is 24.0 Å². The molecule has 3 N–H and O–H groups in total. The van der Waals surface area contributed by atoms with Crippen LogP contribution in [0.3, 0.4) is 0 Å². The normalized spacial score (nSPS) is 14.5.